The zero-order chi connectivity index (χ0) is 18.3. The lowest BCUT2D eigenvalue weighted by Gasteiger charge is -2.40. The van der Waals surface area contributed by atoms with Crippen LogP contribution >= 0.6 is 0 Å². The number of hydrogen-bond donors (Lipinski definition) is 0. The first-order valence-corrected chi connectivity index (χ1v) is 10.5. The van der Waals surface area contributed by atoms with E-state index in [1.807, 2.05) is 7.11 Å². The molecule has 25 heavy (non-hydrogen) atoms. The van der Waals surface area contributed by atoms with Gasteiger partial charge in [-0.15, -0.1) is 0 Å². The molecule has 1 heterocycles. The Labute approximate surface area is 154 Å². The lowest BCUT2D eigenvalue weighted by molar-refractivity contribution is -0.0484. The fourth-order valence-electron chi connectivity index (χ4n) is 4.49. The minimum atomic E-state index is -0.292. The lowest BCUT2D eigenvalue weighted by Crippen LogP contribution is -2.51. The molecule has 0 bridgehead atoms. The van der Waals surface area contributed by atoms with Gasteiger partial charge in [0.1, 0.15) is 12.4 Å². The van der Waals surface area contributed by atoms with E-state index in [-0.39, 0.29) is 23.9 Å². The predicted molar refractivity (Wildman–Crippen MR) is 103 cm³/mol. The van der Waals surface area contributed by atoms with Crippen molar-refractivity contribution in [2.75, 3.05) is 13.9 Å². The van der Waals surface area contributed by atoms with Gasteiger partial charge in [0.15, 0.2) is 0 Å². The Morgan fingerprint density at radius 2 is 2.00 bits per heavy atom. The highest BCUT2D eigenvalue weighted by Crippen LogP contribution is 2.40. The number of ether oxygens (including phenoxy) is 3. The highest BCUT2D eigenvalue weighted by molar-refractivity contribution is 5.87. The molecule has 1 aliphatic carbocycles. The second-order valence-corrected chi connectivity index (χ2v) is 7.65. The Kier molecular flexibility index (Phi) is 8.37. The Morgan fingerprint density at radius 1 is 1.24 bits per heavy atom. The molecule has 1 aliphatic heterocycles. The quantitative estimate of drug-likeness (QED) is 0.483. The van der Waals surface area contributed by atoms with Gasteiger partial charge in [0, 0.05) is 12.8 Å². The topological polar surface area (TPSA) is 40.0 Å². The summed E-state index contributed by atoms with van der Waals surface area (Å²) in [7, 11) is 1.82. The molecule has 4 nitrogen and oxygen atoms in total. The van der Waals surface area contributed by atoms with Crippen molar-refractivity contribution in [3.63, 3.8) is 0 Å². The zero-order valence-electron chi connectivity index (χ0n) is 17.1. The summed E-state index contributed by atoms with van der Waals surface area (Å²) >= 11 is 0. The van der Waals surface area contributed by atoms with Gasteiger partial charge in [-0.1, -0.05) is 40.5 Å². The summed E-state index contributed by atoms with van der Waals surface area (Å²) in [4.78, 5) is 5.35. The third kappa shape index (κ3) is 4.64. The summed E-state index contributed by atoms with van der Waals surface area (Å²) in [5.74, 6) is 0.691. The Balaban J connectivity index is 2.34. The highest BCUT2D eigenvalue weighted by Gasteiger charge is 2.50. The van der Waals surface area contributed by atoms with Crippen LogP contribution in [0.5, 0.6) is 0 Å². The van der Waals surface area contributed by atoms with E-state index in [1.54, 1.807) is 0 Å². The molecule has 0 aromatic rings. The van der Waals surface area contributed by atoms with Crippen molar-refractivity contribution >= 4 is 5.71 Å². The molecule has 146 valence electrons. The average molecular weight is 354 g/mol. The molecule has 4 unspecified atom stereocenters. The van der Waals surface area contributed by atoms with Gasteiger partial charge in [0.25, 0.3) is 0 Å². The lowest BCUT2D eigenvalue weighted by atomic mass is 9.78. The number of hydrogen-bond acceptors (Lipinski definition) is 4. The maximum Gasteiger partial charge on any atom is 0.148 e. The highest BCUT2D eigenvalue weighted by atomic mass is 16.7. The van der Waals surface area contributed by atoms with E-state index >= 15 is 0 Å². The summed E-state index contributed by atoms with van der Waals surface area (Å²) < 4.78 is 18.0. The van der Waals surface area contributed by atoms with Crippen LogP contribution in [0, 0.1) is 5.92 Å². The normalized spacial score (nSPS) is 30.3. The number of aliphatic imine (C=N–C) groups is 1. The van der Waals surface area contributed by atoms with Crippen molar-refractivity contribution < 1.29 is 14.2 Å². The molecule has 2 fully saturated rings. The Morgan fingerprint density at radius 3 is 2.48 bits per heavy atom. The maximum atomic E-state index is 6.33. The molecule has 2 rings (SSSR count). The Hall–Kier alpha value is -0.450. The van der Waals surface area contributed by atoms with Crippen LogP contribution in [0.15, 0.2) is 4.99 Å². The molecule has 1 saturated carbocycles. The molecular weight excluding hydrogens is 314 g/mol. The SMILES string of the molecule is CCCC1(C(CC(CC)OC)N=C(CC)C2CCC2)OCOC1CC. The van der Waals surface area contributed by atoms with Crippen LogP contribution in [-0.4, -0.2) is 43.5 Å². The summed E-state index contributed by atoms with van der Waals surface area (Å²) in [6, 6.07) is 0.125. The molecule has 2 aliphatic rings. The van der Waals surface area contributed by atoms with Crippen molar-refractivity contribution in [3.05, 3.63) is 0 Å². The number of rotatable bonds is 11. The molecule has 0 radical (unpaired) electrons. The third-order valence-electron chi connectivity index (χ3n) is 6.25. The molecule has 0 aromatic carbocycles. The largest absolute Gasteiger partial charge is 0.381 e. The van der Waals surface area contributed by atoms with Crippen LogP contribution in [0.25, 0.3) is 0 Å². The van der Waals surface area contributed by atoms with E-state index < -0.39 is 0 Å². The minimum Gasteiger partial charge on any atom is -0.381 e. The second kappa shape index (κ2) is 10.0. The first-order chi connectivity index (χ1) is 12.1. The fourth-order valence-corrected chi connectivity index (χ4v) is 4.49. The van der Waals surface area contributed by atoms with Gasteiger partial charge in [-0.05, 0) is 50.9 Å². The monoisotopic (exact) mass is 353 g/mol. The summed E-state index contributed by atoms with van der Waals surface area (Å²) in [5, 5.41) is 0. The van der Waals surface area contributed by atoms with Crippen LogP contribution in [-0.2, 0) is 14.2 Å². The van der Waals surface area contributed by atoms with Crippen LogP contribution < -0.4 is 0 Å². The molecule has 0 aromatic heterocycles. The van der Waals surface area contributed by atoms with Gasteiger partial charge in [0.2, 0.25) is 0 Å². The maximum absolute atomic E-state index is 6.33. The minimum absolute atomic E-state index is 0.125. The van der Waals surface area contributed by atoms with Gasteiger partial charge >= 0.3 is 0 Å². The molecule has 4 atom stereocenters. The summed E-state index contributed by atoms with van der Waals surface area (Å²) in [6.07, 6.45) is 10.3. The standard InChI is InChI=1S/C21H39NO3/c1-6-13-21(20(9-4)24-15-25-21)19(14-17(7-2)23-5)22-18(8-3)16-11-10-12-16/h16-17,19-20H,6-15H2,1-5H3. The Bertz CT molecular complexity index is 417. The third-order valence-corrected chi connectivity index (χ3v) is 6.25. The molecule has 1 saturated heterocycles. The molecule has 0 amide bonds. The van der Waals surface area contributed by atoms with Crippen LogP contribution in [0.1, 0.15) is 85.5 Å². The second-order valence-electron chi connectivity index (χ2n) is 7.65. The van der Waals surface area contributed by atoms with Gasteiger partial charge < -0.3 is 14.2 Å². The van der Waals surface area contributed by atoms with Gasteiger partial charge in [-0.25, -0.2) is 0 Å². The van der Waals surface area contributed by atoms with E-state index in [0.29, 0.717) is 12.7 Å². The van der Waals surface area contributed by atoms with Gasteiger partial charge in [-0.2, -0.15) is 0 Å². The van der Waals surface area contributed by atoms with Crippen LogP contribution in [0.4, 0.5) is 0 Å². The van der Waals surface area contributed by atoms with E-state index in [0.717, 1.165) is 38.5 Å². The van der Waals surface area contributed by atoms with Crippen LogP contribution in [0.2, 0.25) is 0 Å². The van der Waals surface area contributed by atoms with Crippen molar-refractivity contribution in [3.8, 4) is 0 Å². The molecule has 0 spiro atoms. The summed E-state index contributed by atoms with van der Waals surface area (Å²) in [5.41, 5.74) is 1.10. The van der Waals surface area contributed by atoms with E-state index in [9.17, 15) is 0 Å². The first-order valence-electron chi connectivity index (χ1n) is 10.5. The summed E-state index contributed by atoms with van der Waals surface area (Å²) in [6.45, 7) is 9.27. The van der Waals surface area contributed by atoms with Crippen molar-refractivity contribution in [2.45, 2.75) is 109 Å². The van der Waals surface area contributed by atoms with E-state index in [4.69, 9.17) is 19.2 Å². The first kappa shape index (κ1) is 20.9. The van der Waals surface area contributed by atoms with Gasteiger partial charge in [-0.3, -0.25) is 4.99 Å². The molecule has 0 N–H and O–H groups in total. The number of methoxy groups -OCH3 is 1. The number of nitrogens with zero attached hydrogens (tertiary/aromatic N) is 1. The molecular formula is C21H39NO3. The van der Waals surface area contributed by atoms with Crippen molar-refractivity contribution in [2.24, 2.45) is 10.9 Å². The average Bonchev–Trinajstić information content (AvgIpc) is 2.99. The van der Waals surface area contributed by atoms with E-state index in [2.05, 4.69) is 27.7 Å². The predicted octanol–water partition coefficient (Wildman–Crippen LogP) is 5.14. The van der Waals surface area contributed by atoms with Gasteiger partial charge in [0.05, 0.1) is 18.2 Å². The zero-order valence-corrected chi connectivity index (χ0v) is 17.1. The fraction of sp³-hybridized carbons (Fsp3) is 0.952. The van der Waals surface area contributed by atoms with Crippen molar-refractivity contribution in [1.29, 1.82) is 0 Å². The smallest absolute Gasteiger partial charge is 0.148 e. The van der Waals surface area contributed by atoms with E-state index in [1.165, 1.54) is 25.0 Å². The van der Waals surface area contributed by atoms with Crippen molar-refractivity contribution in [1.82, 2.24) is 0 Å². The van der Waals surface area contributed by atoms with Crippen LogP contribution in [0.3, 0.4) is 0 Å². The molecule has 4 heteroatoms.